The Hall–Kier alpha value is -1.43. The van der Waals surface area contributed by atoms with Crippen LogP contribution in [0.5, 0.6) is 0 Å². The molecule has 0 amide bonds. The molecule has 6 heteroatoms. The third kappa shape index (κ3) is 2.51. The molecule has 13 heavy (non-hydrogen) atoms. The highest BCUT2D eigenvalue weighted by atomic mass is 16.7. The van der Waals surface area contributed by atoms with Crippen LogP contribution in [0.2, 0.25) is 0 Å². The van der Waals surface area contributed by atoms with Crippen molar-refractivity contribution < 1.29 is 28.6 Å². The molecule has 73 valence electrons. The molecule has 0 N–H and O–H groups in total. The van der Waals surface area contributed by atoms with Crippen LogP contribution in [0.25, 0.3) is 0 Å². The van der Waals surface area contributed by atoms with Gasteiger partial charge >= 0.3 is 17.7 Å². The Balaban J connectivity index is 4.79. The molecule has 1 atom stereocenters. The van der Waals surface area contributed by atoms with Crippen LogP contribution < -0.4 is 0 Å². The van der Waals surface area contributed by atoms with E-state index in [-0.39, 0.29) is 0 Å². The van der Waals surface area contributed by atoms with Gasteiger partial charge in [-0.15, -0.1) is 0 Å². The zero-order chi connectivity index (χ0) is 10.5. The van der Waals surface area contributed by atoms with E-state index >= 15 is 0 Å². The van der Waals surface area contributed by atoms with Gasteiger partial charge in [0, 0.05) is 14.0 Å². The van der Waals surface area contributed by atoms with Gasteiger partial charge in [0.25, 0.3) is 6.29 Å². The van der Waals surface area contributed by atoms with Gasteiger partial charge in [0.2, 0.25) is 0 Å². The van der Waals surface area contributed by atoms with Gasteiger partial charge in [0.15, 0.2) is 0 Å². The lowest BCUT2D eigenvalue weighted by atomic mass is 10.3. The summed E-state index contributed by atoms with van der Waals surface area (Å²) < 4.78 is 12.9. The highest BCUT2D eigenvalue weighted by molar-refractivity contribution is 5.97. The molecule has 0 heterocycles. The van der Waals surface area contributed by atoms with E-state index < -0.39 is 17.7 Å². The van der Waals surface area contributed by atoms with Crippen molar-refractivity contribution in [2.24, 2.45) is 0 Å². The zero-order valence-electron chi connectivity index (χ0n) is 7.45. The molecular weight excluding hydrogens is 180 g/mol. The maximum absolute atomic E-state index is 10.9. The van der Waals surface area contributed by atoms with Gasteiger partial charge in [-0.3, -0.25) is 9.59 Å². The molecule has 0 aliphatic heterocycles. The number of esters is 2. The van der Waals surface area contributed by atoms with Crippen molar-refractivity contribution in [3.63, 3.8) is 0 Å². The van der Waals surface area contributed by atoms with Crippen molar-refractivity contribution >= 4 is 18.2 Å². The van der Waals surface area contributed by atoms with Crippen LogP contribution in [0.3, 0.4) is 0 Å². The number of carbonyl (C=O) groups excluding carboxylic acids is 3. The van der Waals surface area contributed by atoms with Crippen molar-refractivity contribution in [2.75, 3.05) is 14.2 Å². The first-order valence-corrected chi connectivity index (χ1v) is 3.25. The van der Waals surface area contributed by atoms with Crippen molar-refractivity contribution in [1.82, 2.24) is 0 Å². The lowest BCUT2D eigenvalue weighted by molar-refractivity contribution is -0.210. The fourth-order valence-electron chi connectivity index (χ4n) is 0.608. The number of rotatable bonds is 4. The van der Waals surface area contributed by atoms with Crippen molar-refractivity contribution in [2.45, 2.75) is 12.7 Å². The minimum Gasteiger partial charge on any atom is -0.464 e. The fourth-order valence-corrected chi connectivity index (χ4v) is 0.608. The number of carbonyl (C=O) groups is 2. The molecule has 0 spiro atoms. The topological polar surface area (TPSA) is 78.9 Å². The monoisotopic (exact) mass is 189 g/mol. The maximum Gasteiger partial charge on any atom is 0.388 e. The van der Waals surface area contributed by atoms with Gasteiger partial charge in [0.05, 0.1) is 7.11 Å². The molecule has 0 saturated carbocycles. The second kappa shape index (κ2) is 4.56. The van der Waals surface area contributed by atoms with E-state index in [9.17, 15) is 14.4 Å². The van der Waals surface area contributed by atoms with Crippen molar-refractivity contribution in [3.05, 3.63) is 0 Å². The predicted octanol–water partition coefficient (Wildman–Crippen LogP) is -0.825. The molecule has 1 radical (unpaired) electrons. The van der Waals surface area contributed by atoms with Gasteiger partial charge in [-0.25, -0.2) is 4.79 Å². The lowest BCUT2D eigenvalue weighted by Crippen LogP contribution is -2.47. The van der Waals surface area contributed by atoms with E-state index in [4.69, 9.17) is 0 Å². The van der Waals surface area contributed by atoms with E-state index in [1.165, 1.54) is 0 Å². The molecule has 0 aliphatic carbocycles. The van der Waals surface area contributed by atoms with E-state index in [0.717, 1.165) is 27.4 Å². The van der Waals surface area contributed by atoms with Gasteiger partial charge in [-0.2, -0.15) is 0 Å². The fraction of sp³-hybridized carbons (Fsp3) is 0.571. The molecule has 0 aromatic carbocycles. The summed E-state index contributed by atoms with van der Waals surface area (Å²) >= 11 is 0. The number of hydrogen-bond acceptors (Lipinski definition) is 6. The van der Waals surface area contributed by atoms with Crippen molar-refractivity contribution in [3.8, 4) is 0 Å². The lowest BCUT2D eigenvalue weighted by Gasteiger charge is -2.21. The average molecular weight is 189 g/mol. The molecule has 0 saturated heterocycles. The minimum absolute atomic E-state index is 0.851. The number of methoxy groups -OCH3 is 2. The minimum atomic E-state index is -2.40. The Morgan fingerprint density at radius 2 is 1.85 bits per heavy atom. The summed E-state index contributed by atoms with van der Waals surface area (Å²) in [7, 11) is 2.04. The van der Waals surface area contributed by atoms with E-state index in [1.54, 1.807) is 0 Å². The van der Waals surface area contributed by atoms with Gasteiger partial charge in [0.1, 0.15) is 0 Å². The first kappa shape index (κ1) is 11.6. The molecular formula is C7H9O6. The van der Waals surface area contributed by atoms with Gasteiger partial charge < -0.3 is 14.2 Å². The summed E-state index contributed by atoms with van der Waals surface area (Å²) in [5, 5.41) is 0. The third-order valence-corrected chi connectivity index (χ3v) is 1.16. The average Bonchev–Trinajstić information content (AvgIpc) is 2.12. The highest BCUT2D eigenvalue weighted by Gasteiger charge is 2.45. The number of ether oxygens (including phenoxy) is 3. The Labute approximate surface area is 74.8 Å². The Bertz CT molecular complexity index is 223. The molecule has 0 aromatic heterocycles. The first-order chi connectivity index (χ1) is 6.02. The summed E-state index contributed by atoms with van der Waals surface area (Å²) in [6, 6.07) is 0. The largest absolute Gasteiger partial charge is 0.464 e. The second-order valence-electron chi connectivity index (χ2n) is 2.01. The highest BCUT2D eigenvalue weighted by Crippen LogP contribution is 2.11. The summed E-state index contributed by atoms with van der Waals surface area (Å²) in [4.78, 5) is 31.8. The zero-order valence-corrected chi connectivity index (χ0v) is 7.45. The van der Waals surface area contributed by atoms with E-state index in [2.05, 4.69) is 14.2 Å². The maximum atomic E-state index is 10.9. The molecule has 0 rings (SSSR count). The Morgan fingerprint density at radius 3 is 2.08 bits per heavy atom. The molecule has 6 nitrogen and oxygen atoms in total. The Kier molecular flexibility index (Phi) is 4.06. The summed E-state index contributed by atoms with van der Waals surface area (Å²) in [6.45, 7) is 1.02. The van der Waals surface area contributed by atoms with Gasteiger partial charge in [-0.1, -0.05) is 0 Å². The Morgan fingerprint density at radius 1 is 1.31 bits per heavy atom. The summed E-state index contributed by atoms with van der Waals surface area (Å²) in [5.74, 6) is -4.39. The molecule has 0 fully saturated rings. The van der Waals surface area contributed by atoms with Crippen LogP contribution in [-0.2, 0) is 28.6 Å². The first-order valence-electron chi connectivity index (χ1n) is 3.25. The van der Waals surface area contributed by atoms with E-state index in [1.807, 2.05) is 0 Å². The second-order valence-corrected chi connectivity index (χ2v) is 2.01. The SMILES string of the molecule is COC(=O)C([C]=O)(OC)OC(C)=O. The smallest absolute Gasteiger partial charge is 0.388 e. The van der Waals surface area contributed by atoms with Crippen LogP contribution in [0.15, 0.2) is 0 Å². The van der Waals surface area contributed by atoms with Crippen LogP contribution >= 0.6 is 0 Å². The predicted molar refractivity (Wildman–Crippen MR) is 39.2 cm³/mol. The van der Waals surface area contributed by atoms with Crippen LogP contribution in [-0.4, -0.2) is 38.2 Å². The quantitative estimate of drug-likeness (QED) is 0.326. The third-order valence-electron chi connectivity index (χ3n) is 1.16. The van der Waals surface area contributed by atoms with Crippen LogP contribution in [0.1, 0.15) is 6.92 Å². The van der Waals surface area contributed by atoms with Crippen LogP contribution in [0.4, 0.5) is 0 Å². The van der Waals surface area contributed by atoms with Gasteiger partial charge in [-0.05, 0) is 0 Å². The molecule has 0 aromatic rings. The van der Waals surface area contributed by atoms with Crippen LogP contribution in [0, 0.1) is 0 Å². The molecule has 0 aliphatic rings. The summed E-state index contributed by atoms with van der Waals surface area (Å²) in [6.07, 6.45) is 1.16. The molecule has 1 unspecified atom stereocenters. The standard InChI is InChI=1S/C7H9O6/c1-5(9)13-7(4-8,12-3)6(10)11-2/h1-3H3. The molecule has 0 bridgehead atoms. The van der Waals surface area contributed by atoms with E-state index in [0.29, 0.717) is 0 Å². The number of hydrogen-bond donors (Lipinski definition) is 0. The van der Waals surface area contributed by atoms with Crippen molar-refractivity contribution in [1.29, 1.82) is 0 Å². The normalized spacial score (nSPS) is 14.1. The summed E-state index contributed by atoms with van der Waals surface area (Å²) in [5.41, 5.74) is 0.